The maximum atomic E-state index is 14.0. The van der Waals surface area contributed by atoms with Crippen LogP contribution in [0.5, 0.6) is 0 Å². The number of rotatable bonds is 5. The molecule has 0 aliphatic carbocycles. The zero-order valence-electron chi connectivity index (χ0n) is 11.4. The van der Waals surface area contributed by atoms with Crippen molar-refractivity contribution in [3.8, 4) is 0 Å². The van der Waals surface area contributed by atoms with Crippen molar-refractivity contribution in [3.05, 3.63) is 51.5 Å². The fraction of sp³-hybridized carbons (Fsp3) is 0.357. The first-order valence-corrected chi connectivity index (χ1v) is 7.16. The van der Waals surface area contributed by atoms with Gasteiger partial charge in [0.25, 0.3) is 0 Å². The predicted molar refractivity (Wildman–Crippen MR) is 76.8 cm³/mol. The molecule has 6 heteroatoms. The Morgan fingerprint density at radius 2 is 2.10 bits per heavy atom. The highest BCUT2D eigenvalue weighted by Gasteiger charge is 2.23. The number of nitrogens with zero attached hydrogens (tertiary/aromatic N) is 2. The number of hydrogen-bond acceptors (Lipinski definition) is 4. The molecular weight excluding hydrogens is 280 g/mol. The number of nitrogens with two attached hydrogens (primary N) is 1. The minimum atomic E-state index is -0.577. The van der Waals surface area contributed by atoms with Crippen LogP contribution in [-0.4, -0.2) is 30.5 Å². The van der Waals surface area contributed by atoms with E-state index in [1.807, 2.05) is 24.4 Å². The van der Waals surface area contributed by atoms with Gasteiger partial charge in [-0.1, -0.05) is 6.07 Å². The van der Waals surface area contributed by atoms with E-state index in [1.54, 1.807) is 0 Å². The molecule has 0 spiro atoms. The van der Waals surface area contributed by atoms with E-state index in [0.29, 0.717) is 18.5 Å². The van der Waals surface area contributed by atoms with Gasteiger partial charge in [-0.3, -0.25) is 4.90 Å². The monoisotopic (exact) mass is 297 g/mol. The number of halogens is 2. The molecule has 1 heterocycles. The van der Waals surface area contributed by atoms with Crippen LogP contribution in [-0.2, 0) is 6.42 Å². The molecule has 0 bridgehead atoms. The van der Waals surface area contributed by atoms with E-state index >= 15 is 0 Å². The Hall–Kier alpha value is -1.37. The highest BCUT2D eigenvalue weighted by Crippen LogP contribution is 2.31. The SMILES string of the molecule is CN(C)C(c1nc(CCN)cs1)c1ccc(F)cc1F. The molecule has 1 aromatic heterocycles. The largest absolute Gasteiger partial charge is 0.330 e. The first kappa shape index (κ1) is 15.0. The van der Waals surface area contributed by atoms with Crippen molar-refractivity contribution >= 4 is 11.3 Å². The van der Waals surface area contributed by atoms with Crippen LogP contribution in [0, 0.1) is 11.6 Å². The summed E-state index contributed by atoms with van der Waals surface area (Å²) in [6.07, 6.45) is 0.697. The summed E-state index contributed by atoms with van der Waals surface area (Å²) in [5, 5.41) is 2.71. The zero-order chi connectivity index (χ0) is 14.7. The molecule has 108 valence electrons. The van der Waals surface area contributed by atoms with E-state index in [4.69, 9.17) is 5.73 Å². The first-order chi connectivity index (χ1) is 9.52. The summed E-state index contributed by atoms with van der Waals surface area (Å²) >= 11 is 1.46. The minimum Gasteiger partial charge on any atom is -0.330 e. The third kappa shape index (κ3) is 3.20. The molecule has 0 radical (unpaired) electrons. The van der Waals surface area contributed by atoms with Gasteiger partial charge in [-0.25, -0.2) is 13.8 Å². The fourth-order valence-electron chi connectivity index (χ4n) is 2.07. The van der Waals surface area contributed by atoms with Crippen LogP contribution in [0.4, 0.5) is 8.78 Å². The van der Waals surface area contributed by atoms with Crippen LogP contribution in [0.25, 0.3) is 0 Å². The van der Waals surface area contributed by atoms with Gasteiger partial charge < -0.3 is 5.73 Å². The third-order valence-corrected chi connectivity index (χ3v) is 3.92. The van der Waals surface area contributed by atoms with Gasteiger partial charge in [-0.05, 0) is 26.7 Å². The molecule has 0 saturated heterocycles. The molecule has 2 N–H and O–H groups in total. The summed E-state index contributed by atoms with van der Waals surface area (Å²) in [6.45, 7) is 0.528. The molecule has 1 unspecified atom stereocenters. The Balaban J connectivity index is 2.39. The lowest BCUT2D eigenvalue weighted by molar-refractivity contribution is 0.332. The first-order valence-electron chi connectivity index (χ1n) is 6.28. The van der Waals surface area contributed by atoms with E-state index in [0.717, 1.165) is 16.8 Å². The van der Waals surface area contributed by atoms with E-state index in [9.17, 15) is 8.78 Å². The molecule has 3 nitrogen and oxygen atoms in total. The number of thiazole rings is 1. The van der Waals surface area contributed by atoms with Crippen LogP contribution < -0.4 is 5.73 Å². The summed E-state index contributed by atoms with van der Waals surface area (Å²) in [5.41, 5.74) is 6.84. The van der Waals surface area contributed by atoms with Crippen LogP contribution in [0.3, 0.4) is 0 Å². The van der Waals surface area contributed by atoms with Gasteiger partial charge in [-0.2, -0.15) is 0 Å². The van der Waals surface area contributed by atoms with Crippen molar-refractivity contribution < 1.29 is 8.78 Å². The van der Waals surface area contributed by atoms with Crippen molar-refractivity contribution in [3.63, 3.8) is 0 Å². The van der Waals surface area contributed by atoms with Gasteiger partial charge in [0.1, 0.15) is 16.6 Å². The van der Waals surface area contributed by atoms with E-state index in [1.165, 1.54) is 23.5 Å². The van der Waals surface area contributed by atoms with E-state index < -0.39 is 11.6 Å². The van der Waals surface area contributed by atoms with Crippen LogP contribution in [0.1, 0.15) is 22.3 Å². The Morgan fingerprint density at radius 1 is 1.35 bits per heavy atom. The summed E-state index contributed by atoms with van der Waals surface area (Å²) in [6, 6.07) is 3.32. The van der Waals surface area contributed by atoms with Crippen LogP contribution in [0.15, 0.2) is 23.6 Å². The Labute approximate surface area is 121 Å². The molecule has 0 aliphatic rings. The van der Waals surface area contributed by atoms with Crippen molar-refractivity contribution in [2.24, 2.45) is 5.73 Å². The zero-order valence-corrected chi connectivity index (χ0v) is 12.3. The molecular formula is C14H17F2N3S. The number of hydrogen-bond donors (Lipinski definition) is 1. The molecule has 0 amide bonds. The molecule has 0 aliphatic heterocycles. The summed E-state index contributed by atoms with van der Waals surface area (Å²) in [5.74, 6) is -1.13. The lowest BCUT2D eigenvalue weighted by Crippen LogP contribution is -2.22. The van der Waals surface area contributed by atoms with Gasteiger partial charge in [0.05, 0.1) is 11.7 Å². The molecule has 0 fully saturated rings. The number of benzene rings is 1. The second kappa shape index (κ2) is 6.39. The molecule has 1 aromatic carbocycles. The van der Waals surface area contributed by atoms with Gasteiger partial charge in [0.2, 0.25) is 0 Å². The smallest absolute Gasteiger partial charge is 0.131 e. The maximum Gasteiger partial charge on any atom is 0.131 e. The summed E-state index contributed by atoms with van der Waals surface area (Å²) < 4.78 is 27.0. The van der Waals surface area contributed by atoms with Gasteiger partial charge >= 0.3 is 0 Å². The average Bonchev–Trinajstić information content (AvgIpc) is 2.81. The van der Waals surface area contributed by atoms with Crippen molar-refractivity contribution in [1.29, 1.82) is 0 Å². The minimum absolute atomic E-state index is 0.327. The highest BCUT2D eigenvalue weighted by molar-refractivity contribution is 7.09. The predicted octanol–water partition coefficient (Wildman–Crippen LogP) is 2.57. The molecule has 2 aromatic rings. The van der Waals surface area contributed by atoms with Crippen molar-refractivity contribution in [1.82, 2.24) is 9.88 Å². The third-order valence-electron chi connectivity index (χ3n) is 2.98. The average molecular weight is 297 g/mol. The van der Waals surface area contributed by atoms with Crippen LogP contribution >= 0.6 is 11.3 Å². The lowest BCUT2D eigenvalue weighted by Gasteiger charge is -2.23. The Morgan fingerprint density at radius 3 is 2.70 bits per heavy atom. The number of aromatic nitrogens is 1. The fourth-order valence-corrected chi connectivity index (χ4v) is 3.13. The van der Waals surface area contributed by atoms with Gasteiger partial charge in [0, 0.05) is 23.4 Å². The second-order valence-electron chi connectivity index (χ2n) is 4.75. The quantitative estimate of drug-likeness (QED) is 0.922. The van der Waals surface area contributed by atoms with Crippen molar-refractivity contribution in [2.75, 3.05) is 20.6 Å². The van der Waals surface area contributed by atoms with E-state index in [-0.39, 0.29) is 6.04 Å². The lowest BCUT2D eigenvalue weighted by atomic mass is 10.1. The summed E-state index contributed by atoms with van der Waals surface area (Å²) in [7, 11) is 3.69. The van der Waals surface area contributed by atoms with Gasteiger partial charge in [0.15, 0.2) is 0 Å². The molecule has 2 rings (SSSR count). The maximum absolute atomic E-state index is 14.0. The summed E-state index contributed by atoms with van der Waals surface area (Å²) in [4.78, 5) is 6.36. The van der Waals surface area contributed by atoms with E-state index in [2.05, 4.69) is 4.98 Å². The van der Waals surface area contributed by atoms with Crippen molar-refractivity contribution in [2.45, 2.75) is 12.5 Å². The topological polar surface area (TPSA) is 42.2 Å². The normalized spacial score (nSPS) is 12.9. The standard InChI is InChI=1S/C14H17F2N3S/c1-19(2)13(11-4-3-9(15)7-12(11)16)14-18-10(5-6-17)8-20-14/h3-4,7-8,13H,5-6,17H2,1-2H3. The molecule has 20 heavy (non-hydrogen) atoms. The molecule has 0 saturated carbocycles. The van der Waals surface area contributed by atoms with Gasteiger partial charge in [-0.15, -0.1) is 11.3 Å². The van der Waals surface area contributed by atoms with Crippen LogP contribution in [0.2, 0.25) is 0 Å². The Bertz CT molecular complexity index is 584. The highest BCUT2D eigenvalue weighted by atomic mass is 32.1. The Kier molecular flexibility index (Phi) is 4.80. The molecule has 1 atom stereocenters. The second-order valence-corrected chi connectivity index (χ2v) is 5.64.